The van der Waals surface area contributed by atoms with E-state index in [1.165, 1.54) is 11.3 Å². The minimum atomic E-state index is -0.253. The van der Waals surface area contributed by atoms with Gasteiger partial charge in [-0.05, 0) is 11.6 Å². The second-order valence-corrected chi connectivity index (χ2v) is 5.75. The number of nitro groups is 1. The molecular weight excluding hydrogens is 240 g/mol. The first-order chi connectivity index (χ1) is 8.84. The molecule has 1 unspecified atom stereocenters. The molecule has 0 bridgehead atoms. The lowest BCUT2D eigenvalue weighted by Gasteiger charge is -2.25. The number of hydrogen-bond acceptors (Lipinski definition) is 3. The van der Waals surface area contributed by atoms with Crippen LogP contribution in [0.15, 0.2) is 36.0 Å². The third-order valence-electron chi connectivity index (χ3n) is 3.82. The Bertz CT molecular complexity index is 535. The van der Waals surface area contributed by atoms with E-state index in [0.717, 1.165) is 5.70 Å². The monoisotopic (exact) mass is 260 g/mol. The summed E-state index contributed by atoms with van der Waals surface area (Å²) in [6, 6.07) is 8.29. The average Bonchev–Trinajstić information content (AvgIpc) is 2.51. The predicted molar refractivity (Wildman–Crippen MR) is 77.0 cm³/mol. The maximum Gasteiger partial charge on any atom is 0.209 e. The summed E-state index contributed by atoms with van der Waals surface area (Å²) in [5.74, 6) is -0.0685. The van der Waals surface area contributed by atoms with Crippen LogP contribution in [0.3, 0.4) is 0 Å². The number of fused-ring (bicyclic) bond motifs is 1. The highest BCUT2D eigenvalue weighted by Crippen LogP contribution is 2.46. The molecule has 0 aliphatic carbocycles. The van der Waals surface area contributed by atoms with E-state index in [0.29, 0.717) is 0 Å². The summed E-state index contributed by atoms with van der Waals surface area (Å²) in [6.45, 7) is 6.20. The normalized spacial score (nSPS) is 20.4. The number of benzene rings is 1. The van der Waals surface area contributed by atoms with Crippen LogP contribution in [-0.4, -0.2) is 18.5 Å². The fourth-order valence-corrected chi connectivity index (χ4v) is 2.86. The minimum absolute atomic E-state index is 0.0240. The van der Waals surface area contributed by atoms with Crippen LogP contribution in [0.25, 0.3) is 0 Å². The molecule has 0 saturated heterocycles. The lowest BCUT2D eigenvalue weighted by atomic mass is 9.83. The van der Waals surface area contributed by atoms with Crippen molar-refractivity contribution in [3.8, 4) is 0 Å². The van der Waals surface area contributed by atoms with Crippen LogP contribution in [0.5, 0.6) is 0 Å². The van der Waals surface area contributed by atoms with Crippen molar-refractivity contribution in [2.45, 2.75) is 26.2 Å². The number of hydrogen-bond donors (Lipinski definition) is 0. The van der Waals surface area contributed by atoms with Crippen LogP contribution in [0, 0.1) is 16.0 Å². The molecule has 0 radical (unpaired) electrons. The Morgan fingerprint density at radius 2 is 2.05 bits per heavy atom. The number of allylic oxidation sites excluding steroid dienone is 1. The Morgan fingerprint density at radius 1 is 1.42 bits per heavy atom. The first-order valence-corrected chi connectivity index (χ1v) is 6.51. The molecule has 2 rings (SSSR count). The van der Waals surface area contributed by atoms with E-state index in [4.69, 9.17) is 0 Å². The van der Waals surface area contributed by atoms with Crippen molar-refractivity contribution in [1.29, 1.82) is 0 Å². The second kappa shape index (κ2) is 4.68. The molecule has 0 spiro atoms. The van der Waals surface area contributed by atoms with E-state index in [1.54, 1.807) is 0 Å². The first-order valence-electron chi connectivity index (χ1n) is 6.51. The molecule has 0 N–H and O–H groups in total. The SMILES string of the molecule is CC(/C=C1/N(C)c2ccccc2C1(C)C)C[N+](=O)[O-]. The number of likely N-dealkylation sites (N-methyl/N-ethyl adjacent to an activating group) is 1. The summed E-state index contributed by atoms with van der Waals surface area (Å²) < 4.78 is 0. The van der Waals surface area contributed by atoms with Gasteiger partial charge in [-0.1, -0.05) is 45.0 Å². The van der Waals surface area contributed by atoms with Crippen LogP contribution in [0.1, 0.15) is 26.3 Å². The predicted octanol–water partition coefficient (Wildman–Crippen LogP) is 3.21. The van der Waals surface area contributed by atoms with Gasteiger partial charge in [0.2, 0.25) is 6.54 Å². The standard InChI is InChI=1S/C15H20N2O2/c1-11(10-17(18)19)9-14-15(2,3)12-7-5-6-8-13(12)16(14)4/h5-9,11H,10H2,1-4H3/b14-9+. The van der Waals surface area contributed by atoms with Crippen molar-refractivity contribution in [3.63, 3.8) is 0 Å². The molecule has 0 saturated carbocycles. The molecule has 1 aliphatic heterocycles. The van der Waals surface area contributed by atoms with E-state index < -0.39 is 0 Å². The first kappa shape index (κ1) is 13.6. The lowest BCUT2D eigenvalue weighted by Crippen LogP contribution is -2.24. The summed E-state index contributed by atoms with van der Waals surface area (Å²) in [7, 11) is 2.03. The van der Waals surface area contributed by atoms with Gasteiger partial charge in [0.25, 0.3) is 0 Å². The van der Waals surface area contributed by atoms with E-state index in [-0.39, 0.29) is 22.8 Å². The van der Waals surface area contributed by atoms with Gasteiger partial charge >= 0.3 is 0 Å². The number of rotatable bonds is 3. The van der Waals surface area contributed by atoms with Gasteiger partial charge in [0.15, 0.2) is 0 Å². The Hall–Kier alpha value is -1.84. The van der Waals surface area contributed by atoms with Gasteiger partial charge in [-0.2, -0.15) is 0 Å². The second-order valence-electron chi connectivity index (χ2n) is 5.75. The van der Waals surface area contributed by atoms with Crippen LogP contribution in [0.2, 0.25) is 0 Å². The van der Waals surface area contributed by atoms with Crippen molar-refractivity contribution >= 4 is 5.69 Å². The maximum atomic E-state index is 10.6. The molecule has 102 valence electrons. The molecule has 1 aliphatic rings. The molecular formula is C15H20N2O2. The van der Waals surface area contributed by atoms with Gasteiger partial charge in [-0.25, -0.2) is 0 Å². The molecule has 1 aromatic carbocycles. The third kappa shape index (κ3) is 2.35. The summed E-state index contributed by atoms with van der Waals surface area (Å²) in [6.07, 6.45) is 2.03. The van der Waals surface area contributed by atoms with Gasteiger partial charge in [0, 0.05) is 34.7 Å². The molecule has 4 heteroatoms. The van der Waals surface area contributed by atoms with E-state index >= 15 is 0 Å². The molecule has 19 heavy (non-hydrogen) atoms. The lowest BCUT2D eigenvalue weighted by molar-refractivity contribution is -0.485. The topological polar surface area (TPSA) is 46.4 Å². The molecule has 1 aromatic rings. The van der Waals surface area contributed by atoms with Gasteiger partial charge in [-0.3, -0.25) is 10.1 Å². The van der Waals surface area contributed by atoms with Crippen molar-refractivity contribution in [1.82, 2.24) is 0 Å². The van der Waals surface area contributed by atoms with Crippen molar-refractivity contribution < 1.29 is 4.92 Å². The molecule has 1 atom stereocenters. The van der Waals surface area contributed by atoms with Crippen LogP contribution in [-0.2, 0) is 5.41 Å². The van der Waals surface area contributed by atoms with E-state index in [9.17, 15) is 10.1 Å². The van der Waals surface area contributed by atoms with Crippen molar-refractivity contribution in [2.75, 3.05) is 18.5 Å². The summed E-state index contributed by atoms with van der Waals surface area (Å²) in [5, 5.41) is 10.6. The third-order valence-corrected chi connectivity index (χ3v) is 3.82. The number of nitrogens with zero attached hydrogens (tertiary/aromatic N) is 2. The van der Waals surface area contributed by atoms with Crippen LogP contribution >= 0.6 is 0 Å². The summed E-state index contributed by atoms with van der Waals surface area (Å²) in [5.41, 5.74) is 3.50. The zero-order valence-corrected chi connectivity index (χ0v) is 11.9. The zero-order valence-electron chi connectivity index (χ0n) is 11.9. The fraction of sp³-hybridized carbons (Fsp3) is 0.467. The average molecular weight is 260 g/mol. The molecule has 0 aromatic heterocycles. The number of anilines is 1. The van der Waals surface area contributed by atoms with Gasteiger partial charge in [0.05, 0.1) is 0 Å². The Morgan fingerprint density at radius 3 is 2.63 bits per heavy atom. The van der Waals surface area contributed by atoms with Crippen LogP contribution < -0.4 is 4.90 Å². The van der Waals surface area contributed by atoms with Crippen LogP contribution in [0.4, 0.5) is 5.69 Å². The van der Waals surface area contributed by atoms with Crippen molar-refractivity contribution in [3.05, 3.63) is 51.7 Å². The molecule has 4 nitrogen and oxygen atoms in total. The summed E-state index contributed by atoms with van der Waals surface area (Å²) >= 11 is 0. The van der Waals surface area contributed by atoms with Crippen molar-refractivity contribution in [2.24, 2.45) is 5.92 Å². The molecule has 1 heterocycles. The Kier molecular flexibility index (Phi) is 3.35. The smallest absolute Gasteiger partial charge is 0.209 e. The van der Waals surface area contributed by atoms with E-state index in [1.807, 2.05) is 32.2 Å². The largest absolute Gasteiger partial charge is 0.347 e. The fourth-order valence-electron chi connectivity index (χ4n) is 2.86. The highest BCUT2D eigenvalue weighted by atomic mass is 16.6. The number of para-hydroxylation sites is 1. The zero-order chi connectivity index (χ0) is 14.2. The highest BCUT2D eigenvalue weighted by molar-refractivity contribution is 5.69. The maximum absolute atomic E-state index is 10.6. The van der Waals surface area contributed by atoms with E-state index in [2.05, 4.69) is 30.9 Å². The van der Waals surface area contributed by atoms with Gasteiger partial charge in [0.1, 0.15) is 0 Å². The molecule has 0 fully saturated rings. The molecule has 0 amide bonds. The van der Waals surface area contributed by atoms with Gasteiger partial charge in [-0.15, -0.1) is 0 Å². The summed E-state index contributed by atoms with van der Waals surface area (Å²) in [4.78, 5) is 12.5. The van der Waals surface area contributed by atoms with Gasteiger partial charge < -0.3 is 4.90 Å². The minimum Gasteiger partial charge on any atom is -0.347 e. The highest BCUT2D eigenvalue weighted by Gasteiger charge is 2.38. The quantitative estimate of drug-likeness (QED) is 0.619. The Labute approximate surface area is 113 Å². The Balaban J connectivity index is 2.39.